The van der Waals surface area contributed by atoms with E-state index in [-0.39, 0.29) is 5.75 Å². The topological polar surface area (TPSA) is 42.4 Å². The predicted octanol–water partition coefficient (Wildman–Crippen LogP) is 2.59. The van der Waals surface area contributed by atoms with E-state index in [1.54, 1.807) is 17.4 Å². The van der Waals surface area contributed by atoms with Crippen LogP contribution in [0.15, 0.2) is 24.3 Å². The number of hydrogen-bond acceptors (Lipinski definition) is 4. The standard InChI is InChI=1S/C12H11NO2S/c14-10-4-2-1-3-8(10)12-13-9-5-6-15-7-11(9)16-12/h1-4,14H,5-7H2. The molecule has 2 heterocycles. The summed E-state index contributed by atoms with van der Waals surface area (Å²) in [4.78, 5) is 5.75. The van der Waals surface area contributed by atoms with Crippen molar-refractivity contribution in [2.24, 2.45) is 0 Å². The summed E-state index contributed by atoms with van der Waals surface area (Å²) < 4.78 is 5.38. The van der Waals surface area contributed by atoms with E-state index >= 15 is 0 Å². The molecule has 1 aromatic carbocycles. The SMILES string of the molecule is Oc1ccccc1-c1nc2c(s1)COCC2. The van der Waals surface area contributed by atoms with Crippen LogP contribution in [0.5, 0.6) is 5.75 Å². The molecule has 3 nitrogen and oxygen atoms in total. The van der Waals surface area contributed by atoms with Crippen molar-refractivity contribution in [2.75, 3.05) is 6.61 Å². The first-order chi connectivity index (χ1) is 7.84. The Balaban J connectivity index is 2.07. The van der Waals surface area contributed by atoms with E-state index in [1.165, 1.54) is 4.88 Å². The number of phenolic OH excluding ortho intramolecular Hbond substituents is 1. The first-order valence-corrected chi connectivity index (χ1v) is 6.01. The maximum atomic E-state index is 9.76. The van der Waals surface area contributed by atoms with Crippen molar-refractivity contribution in [2.45, 2.75) is 13.0 Å². The molecule has 1 aliphatic heterocycles. The second-order valence-electron chi connectivity index (χ2n) is 3.71. The van der Waals surface area contributed by atoms with Crippen LogP contribution in [0.25, 0.3) is 10.6 Å². The van der Waals surface area contributed by atoms with Crippen LogP contribution in [-0.4, -0.2) is 16.7 Å². The second-order valence-corrected chi connectivity index (χ2v) is 4.79. The molecule has 0 fully saturated rings. The lowest BCUT2D eigenvalue weighted by Gasteiger charge is -2.08. The van der Waals surface area contributed by atoms with E-state index in [0.717, 1.165) is 29.3 Å². The van der Waals surface area contributed by atoms with Crippen LogP contribution in [-0.2, 0) is 17.8 Å². The third kappa shape index (κ3) is 1.60. The van der Waals surface area contributed by atoms with Crippen LogP contribution in [0.1, 0.15) is 10.6 Å². The van der Waals surface area contributed by atoms with Gasteiger partial charge in [-0.25, -0.2) is 4.98 Å². The molecule has 0 aliphatic carbocycles. The van der Waals surface area contributed by atoms with E-state index in [4.69, 9.17) is 4.74 Å². The van der Waals surface area contributed by atoms with Crippen LogP contribution in [0.2, 0.25) is 0 Å². The zero-order chi connectivity index (χ0) is 11.0. The monoisotopic (exact) mass is 233 g/mol. The van der Waals surface area contributed by atoms with E-state index in [9.17, 15) is 5.11 Å². The fraction of sp³-hybridized carbons (Fsp3) is 0.250. The van der Waals surface area contributed by atoms with Gasteiger partial charge in [-0.2, -0.15) is 0 Å². The maximum Gasteiger partial charge on any atom is 0.127 e. The van der Waals surface area contributed by atoms with Crippen LogP contribution >= 0.6 is 11.3 Å². The number of fused-ring (bicyclic) bond motifs is 1. The number of aromatic hydroxyl groups is 1. The quantitative estimate of drug-likeness (QED) is 0.823. The molecule has 4 heteroatoms. The molecule has 0 amide bonds. The molecule has 3 rings (SSSR count). The summed E-state index contributed by atoms with van der Waals surface area (Å²) in [6, 6.07) is 7.30. The van der Waals surface area contributed by atoms with Gasteiger partial charge in [0.25, 0.3) is 0 Å². The smallest absolute Gasteiger partial charge is 0.127 e. The Labute approximate surface area is 97.3 Å². The van der Waals surface area contributed by atoms with Crippen LogP contribution in [0, 0.1) is 0 Å². The van der Waals surface area contributed by atoms with Crippen molar-refractivity contribution >= 4 is 11.3 Å². The Morgan fingerprint density at radius 2 is 2.19 bits per heavy atom. The van der Waals surface area contributed by atoms with Gasteiger partial charge in [0.1, 0.15) is 10.8 Å². The highest BCUT2D eigenvalue weighted by atomic mass is 32.1. The zero-order valence-corrected chi connectivity index (χ0v) is 9.46. The first-order valence-electron chi connectivity index (χ1n) is 5.19. The molecule has 1 N–H and O–H groups in total. The number of rotatable bonds is 1. The minimum Gasteiger partial charge on any atom is -0.507 e. The van der Waals surface area contributed by atoms with Gasteiger partial charge in [0.2, 0.25) is 0 Å². The third-order valence-electron chi connectivity index (χ3n) is 2.63. The Morgan fingerprint density at radius 3 is 3.00 bits per heavy atom. The molecule has 0 saturated carbocycles. The Kier molecular flexibility index (Phi) is 2.38. The molecule has 2 aromatic rings. The molecule has 1 aliphatic rings. The third-order valence-corrected chi connectivity index (χ3v) is 3.73. The van der Waals surface area contributed by atoms with Crippen molar-refractivity contribution in [3.05, 3.63) is 34.8 Å². The molecule has 0 unspecified atom stereocenters. The maximum absolute atomic E-state index is 9.76. The molecule has 0 atom stereocenters. The fourth-order valence-electron chi connectivity index (χ4n) is 1.79. The van der Waals surface area contributed by atoms with E-state index in [1.807, 2.05) is 18.2 Å². The molecular weight excluding hydrogens is 222 g/mol. The van der Waals surface area contributed by atoms with Gasteiger partial charge in [0.15, 0.2) is 0 Å². The number of aromatic nitrogens is 1. The van der Waals surface area contributed by atoms with Crippen molar-refractivity contribution < 1.29 is 9.84 Å². The summed E-state index contributed by atoms with van der Waals surface area (Å²) in [5, 5.41) is 10.6. The van der Waals surface area contributed by atoms with Crippen LogP contribution < -0.4 is 0 Å². The van der Waals surface area contributed by atoms with Gasteiger partial charge in [-0.15, -0.1) is 11.3 Å². The number of benzene rings is 1. The van der Waals surface area contributed by atoms with Gasteiger partial charge in [-0.1, -0.05) is 12.1 Å². The average molecular weight is 233 g/mol. The van der Waals surface area contributed by atoms with E-state index in [2.05, 4.69) is 4.98 Å². The van der Waals surface area contributed by atoms with E-state index < -0.39 is 0 Å². The lowest BCUT2D eigenvalue weighted by Crippen LogP contribution is -2.07. The Morgan fingerprint density at radius 1 is 1.31 bits per heavy atom. The van der Waals surface area contributed by atoms with Crippen molar-refractivity contribution in [3.8, 4) is 16.3 Å². The lowest BCUT2D eigenvalue weighted by molar-refractivity contribution is 0.112. The largest absolute Gasteiger partial charge is 0.507 e. The molecule has 82 valence electrons. The summed E-state index contributed by atoms with van der Waals surface area (Å²) in [6.45, 7) is 1.40. The summed E-state index contributed by atoms with van der Waals surface area (Å²) in [5.41, 5.74) is 1.93. The van der Waals surface area contributed by atoms with Gasteiger partial charge in [0, 0.05) is 6.42 Å². The highest BCUT2D eigenvalue weighted by molar-refractivity contribution is 7.15. The molecule has 16 heavy (non-hydrogen) atoms. The van der Waals surface area contributed by atoms with Crippen molar-refractivity contribution in [3.63, 3.8) is 0 Å². The lowest BCUT2D eigenvalue weighted by atomic mass is 10.2. The highest BCUT2D eigenvalue weighted by Gasteiger charge is 2.17. The summed E-state index contributed by atoms with van der Waals surface area (Å²) in [6.07, 6.45) is 0.874. The number of nitrogens with zero attached hydrogens (tertiary/aromatic N) is 1. The Bertz CT molecular complexity index is 498. The number of hydrogen-bond donors (Lipinski definition) is 1. The van der Waals surface area contributed by atoms with Gasteiger partial charge in [0.05, 0.1) is 29.3 Å². The van der Waals surface area contributed by atoms with Gasteiger partial charge >= 0.3 is 0 Å². The summed E-state index contributed by atoms with van der Waals surface area (Å²) >= 11 is 1.61. The number of ether oxygens (including phenoxy) is 1. The fourth-order valence-corrected chi connectivity index (χ4v) is 2.87. The van der Waals surface area contributed by atoms with Gasteiger partial charge in [-0.05, 0) is 12.1 Å². The normalized spacial score (nSPS) is 14.8. The predicted molar refractivity (Wildman–Crippen MR) is 62.6 cm³/mol. The van der Waals surface area contributed by atoms with Crippen LogP contribution in [0.3, 0.4) is 0 Å². The second kappa shape index (κ2) is 3.88. The van der Waals surface area contributed by atoms with Gasteiger partial charge < -0.3 is 9.84 Å². The number of para-hydroxylation sites is 1. The molecule has 0 saturated heterocycles. The first kappa shape index (κ1) is 9.81. The van der Waals surface area contributed by atoms with Crippen LogP contribution in [0.4, 0.5) is 0 Å². The summed E-state index contributed by atoms with van der Waals surface area (Å²) in [5.74, 6) is 0.287. The van der Waals surface area contributed by atoms with Gasteiger partial charge in [-0.3, -0.25) is 0 Å². The minimum absolute atomic E-state index is 0.287. The molecular formula is C12H11NO2S. The summed E-state index contributed by atoms with van der Waals surface area (Å²) in [7, 11) is 0. The van der Waals surface area contributed by atoms with E-state index in [0.29, 0.717) is 6.61 Å². The molecule has 0 spiro atoms. The molecule has 0 radical (unpaired) electrons. The Hall–Kier alpha value is -1.39. The van der Waals surface area contributed by atoms with Crippen molar-refractivity contribution in [1.29, 1.82) is 0 Å². The minimum atomic E-state index is 0.287. The zero-order valence-electron chi connectivity index (χ0n) is 8.64. The molecule has 1 aromatic heterocycles. The molecule has 0 bridgehead atoms. The van der Waals surface area contributed by atoms with Crippen molar-refractivity contribution in [1.82, 2.24) is 4.98 Å². The average Bonchev–Trinajstić information content (AvgIpc) is 2.73. The number of phenols is 1. The highest BCUT2D eigenvalue weighted by Crippen LogP contribution is 2.35. The number of thiazole rings is 1.